The van der Waals surface area contributed by atoms with Crippen LogP contribution in [0.25, 0.3) is 0 Å². The molecule has 3 aromatic rings. The molecule has 0 saturated carbocycles. The summed E-state index contributed by atoms with van der Waals surface area (Å²) in [5.41, 5.74) is 0.319. The van der Waals surface area contributed by atoms with E-state index in [9.17, 15) is 0 Å². The number of rotatable bonds is 5. The van der Waals surface area contributed by atoms with E-state index in [1.54, 1.807) is 17.6 Å². The summed E-state index contributed by atoms with van der Waals surface area (Å²) in [4.78, 5) is 9.89. The first-order chi connectivity index (χ1) is 15.8. The van der Waals surface area contributed by atoms with Gasteiger partial charge in [-0.2, -0.15) is 0 Å². The van der Waals surface area contributed by atoms with Gasteiger partial charge in [0.05, 0.1) is 6.26 Å². The third-order valence-corrected chi connectivity index (χ3v) is 8.40. The van der Waals surface area contributed by atoms with Crippen LogP contribution < -0.4 is 5.32 Å². The minimum Gasteiger partial charge on any atom is -0.466 e. The lowest BCUT2D eigenvalue weighted by atomic mass is 9.83. The van der Waals surface area contributed by atoms with Crippen LogP contribution in [0.4, 0.5) is 0 Å². The number of aromatic amines is 1. The standard InChI is InChI=1S/C25H32N4O2S/c1-2-13-28(14-3-1)25(29-15-4-5-16-29)24(22-10-7-17-30-22,23-11-8-18-32-23)31-21(19-27-25)20-9-6-12-26-20/h6-12,17-18,21,26-27H,1-5,13-16,19H2. The summed E-state index contributed by atoms with van der Waals surface area (Å²) in [5, 5.41) is 6.26. The monoisotopic (exact) mass is 452 g/mol. The van der Waals surface area contributed by atoms with Crippen molar-refractivity contribution in [1.82, 2.24) is 20.1 Å². The molecule has 3 atom stereocenters. The lowest BCUT2D eigenvalue weighted by molar-refractivity contribution is -0.273. The van der Waals surface area contributed by atoms with Gasteiger partial charge >= 0.3 is 0 Å². The van der Waals surface area contributed by atoms with Crippen molar-refractivity contribution in [3.8, 4) is 0 Å². The molecule has 6 nitrogen and oxygen atoms in total. The molecule has 0 aliphatic carbocycles. The molecule has 0 bridgehead atoms. The molecule has 0 spiro atoms. The number of hydrogen-bond acceptors (Lipinski definition) is 6. The van der Waals surface area contributed by atoms with Crippen LogP contribution in [-0.2, 0) is 10.3 Å². The number of morpholine rings is 1. The maximum atomic E-state index is 7.33. The zero-order valence-electron chi connectivity index (χ0n) is 18.5. The Balaban J connectivity index is 1.59. The fourth-order valence-corrected chi connectivity index (χ4v) is 7.00. The Morgan fingerprint density at radius 2 is 1.69 bits per heavy atom. The van der Waals surface area contributed by atoms with E-state index in [0.29, 0.717) is 0 Å². The van der Waals surface area contributed by atoms with Gasteiger partial charge in [-0.15, -0.1) is 11.3 Å². The molecule has 3 aliphatic rings. The summed E-state index contributed by atoms with van der Waals surface area (Å²) in [6.45, 7) is 5.00. The van der Waals surface area contributed by atoms with Gasteiger partial charge in [0, 0.05) is 49.5 Å². The van der Waals surface area contributed by atoms with Crippen molar-refractivity contribution < 1.29 is 9.15 Å². The van der Waals surface area contributed by atoms with Gasteiger partial charge in [-0.1, -0.05) is 12.5 Å². The Hall–Kier alpha value is -1.90. The average molecular weight is 453 g/mol. The number of thiophene rings is 1. The molecule has 0 radical (unpaired) electrons. The van der Waals surface area contributed by atoms with Crippen molar-refractivity contribution in [1.29, 1.82) is 0 Å². The van der Waals surface area contributed by atoms with E-state index in [4.69, 9.17) is 9.15 Å². The quantitative estimate of drug-likeness (QED) is 0.597. The van der Waals surface area contributed by atoms with Crippen LogP contribution in [0.3, 0.4) is 0 Å². The number of nitrogens with zero attached hydrogens (tertiary/aromatic N) is 2. The van der Waals surface area contributed by atoms with E-state index < -0.39 is 11.4 Å². The van der Waals surface area contributed by atoms with Crippen LogP contribution in [0, 0.1) is 0 Å². The van der Waals surface area contributed by atoms with E-state index in [1.165, 1.54) is 37.0 Å². The molecule has 7 heteroatoms. The van der Waals surface area contributed by atoms with Crippen LogP contribution in [-0.4, -0.2) is 53.3 Å². The summed E-state index contributed by atoms with van der Waals surface area (Å²) in [7, 11) is 0. The molecule has 3 aromatic heterocycles. The Labute approximate surface area is 193 Å². The number of likely N-dealkylation sites (tertiary alicyclic amines) is 2. The highest BCUT2D eigenvalue weighted by Crippen LogP contribution is 2.54. The summed E-state index contributed by atoms with van der Waals surface area (Å²) in [5.74, 6) is 0.386. The maximum absolute atomic E-state index is 7.33. The zero-order valence-corrected chi connectivity index (χ0v) is 19.3. The third kappa shape index (κ3) is 3.06. The van der Waals surface area contributed by atoms with Crippen molar-refractivity contribution in [2.24, 2.45) is 0 Å². The fraction of sp³-hybridized carbons (Fsp3) is 0.520. The van der Waals surface area contributed by atoms with Crippen LogP contribution >= 0.6 is 11.3 Å². The summed E-state index contributed by atoms with van der Waals surface area (Å²) in [6.07, 6.45) is 9.84. The Morgan fingerprint density at radius 1 is 0.906 bits per heavy atom. The van der Waals surface area contributed by atoms with Crippen molar-refractivity contribution >= 4 is 11.3 Å². The highest BCUT2D eigenvalue weighted by atomic mass is 32.1. The van der Waals surface area contributed by atoms with Gasteiger partial charge < -0.3 is 14.1 Å². The van der Waals surface area contributed by atoms with Crippen LogP contribution in [0.15, 0.2) is 58.7 Å². The predicted octanol–water partition coefficient (Wildman–Crippen LogP) is 4.51. The number of piperidine rings is 1. The summed E-state index contributed by atoms with van der Waals surface area (Å²) < 4.78 is 13.6. The zero-order chi connectivity index (χ0) is 21.4. The summed E-state index contributed by atoms with van der Waals surface area (Å²) in [6, 6.07) is 12.6. The largest absolute Gasteiger partial charge is 0.466 e. The predicted molar refractivity (Wildman–Crippen MR) is 125 cm³/mol. The molecule has 3 saturated heterocycles. The van der Waals surface area contributed by atoms with Crippen molar-refractivity contribution in [3.05, 3.63) is 70.6 Å². The van der Waals surface area contributed by atoms with Crippen molar-refractivity contribution in [2.75, 3.05) is 32.7 Å². The van der Waals surface area contributed by atoms with Crippen LogP contribution in [0.1, 0.15) is 54.5 Å². The van der Waals surface area contributed by atoms with E-state index in [1.807, 2.05) is 18.3 Å². The SMILES string of the molecule is c1c[nH]c(C2CNC(N3CCCCC3)(N3CCCC3)C(c3ccco3)(c3cccs3)O2)c1. The second kappa shape index (κ2) is 8.47. The molecule has 3 unspecified atom stereocenters. The second-order valence-electron chi connectivity index (χ2n) is 9.16. The molecule has 32 heavy (non-hydrogen) atoms. The Morgan fingerprint density at radius 3 is 2.31 bits per heavy atom. The minimum absolute atomic E-state index is 0.0993. The lowest BCUT2D eigenvalue weighted by Crippen LogP contribution is -2.81. The second-order valence-corrected chi connectivity index (χ2v) is 10.1. The number of aromatic nitrogens is 1. The fourth-order valence-electron chi connectivity index (χ4n) is 6.08. The van der Waals surface area contributed by atoms with Gasteiger partial charge in [-0.05, 0) is 61.4 Å². The van der Waals surface area contributed by atoms with Gasteiger partial charge in [0.15, 0.2) is 5.79 Å². The van der Waals surface area contributed by atoms with Crippen LogP contribution in [0.2, 0.25) is 0 Å². The van der Waals surface area contributed by atoms with Crippen molar-refractivity contribution in [3.63, 3.8) is 0 Å². The average Bonchev–Trinajstić information content (AvgIpc) is 3.68. The molecule has 3 fully saturated rings. The first-order valence-electron chi connectivity index (χ1n) is 12.0. The van der Waals surface area contributed by atoms with Gasteiger partial charge in [0.1, 0.15) is 11.9 Å². The number of nitrogens with one attached hydrogen (secondary N) is 2. The minimum atomic E-state index is -0.777. The lowest BCUT2D eigenvalue weighted by Gasteiger charge is -2.62. The van der Waals surface area contributed by atoms with Gasteiger partial charge in [0.25, 0.3) is 0 Å². The Kier molecular flexibility index (Phi) is 5.47. The van der Waals surface area contributed by atoms with Gasteiger partial charge in [-0.3, -0.25) is 15.1 Å². The van der Waals surface area contributed by atoms with E-state index in [2.05, 4.69) is 49.7 Å². The molecular formula is C25H32N4O2S. The molecular weight excluding hydrogens is 420 g/mol. The van der Waals surface area contributed by atoms with Gasteiger partial charge in [0.2, 0.25) is 5.60 Å². The van der Waals surface area contributed by atoms with Gasteiger partial charge in [-0.25, -0.2) is 0 Å². The third-order valence-electron chi connectivity index (χ3n) is 7.43. The molecule has 0 amide bonds. The number of furan rings is 1. The van der Waals surface area contributed by atoms with E-state index >= 15 is 0 Å². The smallest absolute Gasteiger partial charge is 0.206 e. The number of H-pyrrole nitrogens is 1. The van der Waals surface area contributed by atoms with E-state index in [0.717, 1.165) is 44.2 Å². The normalized spacial score (nSPS) is 32.4. The molecule has 2 N–H and O–H groups in total. The molecule has 6 heterocycles. The Bertz CT molecular complexity index is 941. The van der Waals surface area contributed by atoms with Crippen molar-refractivity contribution in [2.45, 2.75) is 49.6 Å². The maximum Gasteiger partial charge on any atom is 0.206 e. The highest BCUT2D eigenvalue weighted by Gasteiger charge is 2.66. The summed E-state index contributed by atoms with van der Waals surface area (Å²) >= 11 is 1.76. The number of ether oxygens (including phenoxy) is 1. The highest BCUT2D eigenvalue weighted by molar-refractivity contribution is 7.10. The van der Waals surface area contributed by atoms with Crippen LogP contribution in [0.5, 0.6) is 0 Å². The van der Waals surface area contributed by atoms with E-state index in [-0.39, 0.29) is 6.10 Å². The topological polar surface area (TPSA) is 56.7 Å². The number of hydrogen-bond donors (Lipinski definition) is 2. The molecule has 3 aliphatic heterocycles. The molecule has 0 aromatic carbocycles. The first kappa shape index (κ1) is 20.7. The molecule has 6 rings (SSSR count). The first-order valence-corrected chi connectivity index (χ1v) is 12.9. The molecule has 170 valence electrons.